The Kier molecular flexibility index (Phi) is 4.62. The summed E-state index contributed by atoms with van der Waals surface area (Å²) >= 11 is 0. The molecular formula is C9H9F3N4O3. The first-order valence-corrected chi connectivity index (χ1v) is 4.97. The molecule has 1 heterocycles. The number of halogens is 3. The molecule has 104 valence electrons. The van der Waals surface area contributed by atoms with Gasteiger partial charge in [0.2, 0.25) is 0 Å². The van der Waals surface area contributed by atoms with Gasteiger partial charge in [0.15, 0.2) is 11.5 Å². The summed E-state index contributed by atoms with van der Waals surface area (Å²) in [5.41, 5.74) is 2.84. The number of nitrogens with one attached hydrogen (secondary N) is 2. The van der Waals surface area contributed by atoms with Crippen molar-refractivity contribution in [2.75, 3.05) is 12.0 Å². The van der Waals surface area contributed by atoms with Crippen LogP contribution < -0.4 is 10.9 Å². The molecule has 0 atom stereocenters. The van der Waals surface area contributed by atoms with E-state index in [4.69, 9.17) is 0 Å². The Morgan fingerprint density at radius 3 is 2.47 bits per heavy atom. The summed E-state index contributed by atoms with van der Waals surface area (Å²) in [5, 5.41) is 0. The van der Waals surface area contributed by atoms with E-state index < -0.39 is 23.7 Å². The zero-order chi connectivity index (χ0) is 14.5. The highest BCUT2D eigenvalue weighted by atomic mass is 19.4. The molecule has 0 saturated carbocycles. The van der Waals surface area contributed by atoms with Crippen molar-refractivity contribution in [1.82, 2.24) is 15.4 Å². The zero-order valence-corrected chi connectivity index (χ0v) is 9.61. The number of nitrogens with zero attached hydrogens (tertiary/aromatic N) is 2. The first-order chi connectivity index (χ1) is 8.84. The van der Waals surface area contributed by atoms with Crippen LogP contribution in [0.25, 0.3) is 0 Å². The van der Waals surface area contributed by atoms with E-state index in [1.807, 2.05) is 5.43 Å². The Morgan fingerprint density at radius 2 is 2.00 bits per heavy atom. The Bertz CT molecular complexity index is 461. The van der Waals surface area contributed by atoms with Crippen LogP contribution in [-0.2, 0) is 20.5 Å². The van der Waals surface area contributed by atoms with Crippen molar-refractivity contribution in [2.24, 2.45) is 0 Å². The molecule has 2 N–H and O–H groups in total. The Labute approximate surface area is 105 Å². The van der Waals surface area contributed by atoms with Gasteiger partial charge in [-0.3, -0.25) is 15.6 Å². The van der Waals surface area contributed by atoms with E-state index in [9.17, 15) is 22.8 Å². The first-order valence-electron chi connectivity index (χ1n) is 4.97. The van der Waals surface area contributed by atoms with Gasteiger partial charge in [0.25, 0.3) is 0 Å². The van der Waals surface area contributed by atoms with Crippen molar-refractivity contribution in [3.63, 3.8) is 0 Å². The van der Waals surface area contributed by atoms with E-state index in [2.05, 4.69) is 20.1 Å². The number of alkyl halides is 3. The molecule has 10 heteroatoms. The number of hydrazine groups is 1. The third-order valence-electron chi connectivity index (χ3n) is 1.71. The number of rotatable bonds is 3. The lowest BCUT2D eigenvalue weighted by Gasteiger charge is -2.08. The summed E-state index contributed by atoms with van der Waals surface area (Å²) in [6, 6.07) is 0. The predicted molar refractivity (Wildman–Crippen MR) is 55.4 cm³/mol. The molecule has 0 bridgehead atoms. The van der Waals surface area contributed by atoms with Crippen LogP contribution in [0.15, 0.2) is 12.4 Å². The summed E-state index contributed by atoms with van der Waals surface area (Å²) in [6.07, 6.45) is -3.35. The molecule has 0 fully saturated rings. The van der Waals surface area contributed by atoms with Crippen LogP contribution in [0, 0.1) is 0 Å². The van der Waals surface area contributed by atoms with Crippen molar-refractivity contribution in [1.29, 1.82) is 0 Å². The van der Waals surface area contributed by atoms with E-state index >= 15 is 0 Å². The summed E-state index contributed by atoms with van der Waals surface area (Å²) in [7, 11) is 0. The number of carbonyl (C=O) groups is 2. The molecule has 0 radical (unpaired) electrons. The number of anilines is 1. The van der Waals surface area contributed by atoms with Gasteiger partial charge in [-0.05, 0) is 6.92 Å². The third-order valence-corrected chi connectivity index (χ3v) is 1.71. The van der Waals surface area contributed by atoms with Crippen molar-refractivity contribution in [3.8, 4) is 0 Å². The second-order valence-electron chi connectivity index (χ2n) is 3.08. The lowest BCUT2D eigenvalue weighted by molar-refractivity contribution is -0.154. The molecule has 0 saturated heterocycles. The van der Waals surface area contributed by atoms with Crippen molar-refractivity contribution in [3.05, 3.63) is 18.1 Å². The predicted octanol–water partition coefficient (Wildman–Crippen LogP) is 0.502. The highest BCUT2D eigenvalue weighted by Gasteiger charge is 2.32. The van der Waals surface area contributed by atoms with Crippen LogP contribution >= 0.6 is 0 Å². The van der Waals surface area contributed by atoms with Crippen molar-refractivity contribution in [2.45, 2.75) is 13.1 Å². The van der Waals surface area contributed by atoms with Crippen LogP contribution in [0.4, 0.5) is 19.0 Å². The maximum atomic E-state index is 12.2. The lowest BCUT2D eigenvalue weighted by atomic mass is 10.4. The molecular weight excluding hydrogens is 269 g/mol. The molecule has 0 aliphatic rings. The second-order valence-corrected chi connectivity index (χ2v) is 3.08. The maximum Gasteiger partial charge on any atom is 0.434 e. The topological polar surface area (TPSA) is 93.2 Å². The normalized spacial score (nSPS) is 10.7. The minimum atomic E-state index is -4.60. The van der Waals surface area contributed by atoms with Gasteiger partial charge in [-0.25, -0.2) is 14.8 Å². The molecule has 0 aromatic carbocycles. The van der Waals surface area contributed by atoms with Gasteiger partial charge in [-0.1, -0.05) is 0 Å². The number of aromatic nitrogens is 2. The molecule has 1 aromatic rings. The second kappa shape index (κ2) is 5.98. The number of carbonyl (C=O) groups excluding carboxylic acids is 2. The molecule has 1 aromatic heterocycles. The highest BCUT2D eigenvalue weighted by molar-refractivity contribution is 6.32. The summed E-state index contributed by atoms with van der Waals surface area (Å²) < 4.78 is 40.9. The van der Waals surface area contributed by atoms with Gasteiger partial charge in [-0.2, -0.15) is 13.2 Å². The number of esters is 1. The van der Waals surface area contributed by atoms with Gasteiger partial charge >= 0.3 is 18.1 Å². The van der Waals surface area contributed by atoms with E-state index in [-0.39, 0.29) is 12.4 Å². The van der Waals surface area contributed by atoms with E-state index in [0.29, 0.717) is 6.20 Å². The molecule has 0 aliphatic carbocycles. The van der Waals surface area contributed by atoms with Crippen LogP contribution in [0.3, 0.4) is 0 Å². The average molecular weight is 278 g/mol. The van der Waals surface area contributed by atoms with Crippen molar-refractivity contribution < 1.29 is 27.5 Å². The number of ether oxygens (including phenoxy) is 1. The van der Waals surface area contributed by atoms with E-state index in [0.717, 1.165) is 6.20 Å². The van der Waals surface area contributed by atoms with E-state index in [1.54, 1.807) is 0 Å². The average Bonchev–Trinajstić information content (AvgIpc) is 2.35. The van der Waals surface area contributed by atoms with Crippen LogP contribution in [0.2, 0.25) is 0 Å². The van der Waals surface area contributed by atoms with Gasteiger partial charge in [0, 0.05) is 0 Å². The Hall–Kier alpha value is -2.39. The maximum absolute atomic E-state index is 12.2. The third kappa shape index (κ3) is 4.41. The molecule has 0 aliphatic heterocycles. The quantitative estimate of drug-likeness (QED) is 0.475. The monoisotopic (exact) mass is 278 g/mol. The summed E-state index contributed by atoms with van der Waals surface area (Å²) in [6.45, 7) is 1.53. The fraction of sp³-hybridized carbons (Fsp3) is 0.333. The fourth-order valence-electron chi connectivity index (χ4n) is 0.907. The van der Waals surface area contributed by atoms with Gasteiger partial charge in [-0.15, -0.1) is 0 Å². The largest absolute Gasteiger partial charge is 0.459 e. The van der Waals surface area contributed by atoms with Crippen LogP contribution in [0.5, 0.6) is 0 Å². The lowest BCUT2D eigenvalue weighted by Crippen LogP contribution is -2.36. The molecule has 1 amide bonds. The fourth-order valence-corrected chi connectivity index (χ4v) is 0.907. The Morgan fingerprint density at radius 1 is 1.32 bits per heavy atom. The van der Waals surface area contributed by atoms with Crippen LogP contribution in [0.1, 0.15) is 12.6 Å². The standard InChI is InChI=1S/C9H9F3N4O3/c1-2-19-8(18)7(17)16-15-6-4-13-5(3-14-6)9(10,11)12/h3-4H,2H2,1H3,(H,14,15)(H,16,17). The molecule has 7 nitrogen and oxygen atoms in total. The SMILES string of the molecule is CCOC(=O)C(=O)NNc1cnc(C(F)(F)F)cn1. The first kappa shape index (κ1) is 14.7. The molecule has 0 unspecified atom stereocenters. The van der Waals surface area contributed by atoms with Gasteiger partial charge < -0.3 is 4.74 Å². The molecule has 19 heavy (non-hydrogen) atoms. The van der Waals surface area contributed by atoms with Gasteiger partial charge in [0.05, 0.1) is 19.0 Å². The number of hydrogen-bond donors (Lipinski definition) is 2. The number of hydrogen-bond acceptors (Lipinski definition) is 6. The minimum Gasteiger partial charge on any atom is -0.459 e. The number of amides is 1. The van der Waals surface area contributed by atoms with Crippen LogP contribution in [-0.4, -0.2) is 28.5 Å². The summed E-state index contributed by atoms with van der Waals surface area (Å²) in [5.74, 6) is -2.40. The highest BCUT2D eigenvalue weighted by Crippen LogP contribution is 2.26. The molecule has 0 spiro atoms. The van der Waals surface area contributed by atoms with E-state index in [1.165, 1.54) is 6.92 Å². The summed E-state index contributed by atoms with van der Waals surface area (Å²) in [4.78, 5) is 28.4. The minimum absolute atomic E-state index is 0.0202. The van der Waals surface area contributed by atoms with Gasteiger partial charge in [0.1, 0.15) is 0 Å². The zero-order valence-electron chi connectivity index (χ0n) is 9.61. The van der Waals surface area contributed by atoms with Crippen molar-refractivity contribution >= 4 is 17.7 Å². The Balaban J connectivity index is 2.55. The molecule has 1 rings (SSSR count). The smallest absolute Gasteiger partial charge is 0.434 e.